The van der Waals surface area contributed by atoms with E-state index in [2.05, 4.69) is 39.8 Å². The van der Waals surface area contributed by atoms with Gasteiger partial charge in [0.25, 0.3) is 0 Å². The monoisotopic (exact) mass is 313 g/mol. The molecular formula is C21H29O2-. The van der Waals surface area contributed by atoms with E-state index in [1.807, 2.05) is 19.1 Å². The van der Waals surface area contributed by atoms with E-state index in [-0.39, 0.29) is 5.41 Å². The molecule has 0 saturated heterocycles. The molecule has 0 saturated carbocycles. The lowest BCUT2D eigenvalue weighted by atomic mass is 9.66. The zero-order valence-corrected chi connectivity index (χ0v) is 15.3. The van der Waals surface area contributed by atoms with Crippen molar-refractivity contribution in [3.63, 3.8) is 0 Å². The van der Waals surface area contributed by atoms with Crippen LogP contribution in [0.5, 0.6) is 0 Å². The average molecular weight is 313 g/mol. The zero-order valence-electron chi connectivity index (χ0n) is 15.3. The first kappa shape index (κ1) is 19.2. The van der Waals surface area contributed by atoms with Crippen molar-refractivity contribution in [3.05, 3.63) is 58.7 Å². The predicted molar refractivity (Wildman–Crippen MR) is 95.7 cm³/mol. The molecule has 2 nitrogen and oxygen atoms in total. The van der Waals surface area contributed by atoms with E-state index in [9.17, 15) is 9.90 Å². The van der Waals surface area contributed by atoms with Gasteiger partial charge in [0.05, 0.1) is 5.97 Å². The topological polar surface area (TPSA) is 40.1 Å². The zero-order chi connectivity index (χ0) is 17.6. The van der Waals surface area contributed by atoms with E-state index >= 15 is 0 Å². The van der Waals surface area contributed by atoms with Gasteiger partial charge in [0.2, 0.25) is 0 Å². The molecule has 0 heterocycles. The van der Waals surface area contributed by atoms with Crippen molar-refractivity contribution in [2.24, 2.45) is 11.3 Å². The lowest BCUT2D eigenvalue weighted by Crippen LogP contribution is -2.28. The lowest BCUT2D eigenvalue weighted by molar-refractivity contribution is -0.297. The molecule has 0 fully saturated rings. The lowest BCUT2D eigenvalue weighted by Gasteiger charge is -2.39. The van der Waals surface area contributed by atoms with Crippen LogP contribution in [0, 0.1) is 11.3 Å². The molecule has 0 bridgehead atoms. The Morgan fingerprint density at radius 3 is 2.48 bits per heavy atom. The Labute approximate surface area is 141 Å². The van der Waals surface area contributed by atoms with Crippen LogP contribution in [-0.2, 0) is 4.79 Å². The van der Waals surface area contributed by atoms with Crippen LogP contribution in [-0.4, -0.2) is 5.97 Å². The van der Waals surface area contributed by atoms with Gasteiger partial charge in [-0.15, -0.1) is 0 Å². The quantitative estimate of drug-likeness (QED) is 0.553. The van der Waals surface area contributed by atoms with Crippen LogP contribution in [0.4, 0.5) is 0 Å². The Hall–Kier alpha value is -1.83. The van der Waals surface area contributed by atoms with Crippen molar-refractivity contribution in [1.29, 1.82) is 0 Å². The van der Waals surface area contributed by atoms with Gasteiger partial charge < -0.3 is 9.90 Å². The third-order valence-electron chi connectivity index (χ3n) is 4.91. The predicted octanol–water partition coefficient (Wildman–Crippen LogP) is 4.51. The van der Waals surface area contributed by atoms with Crippen molar-refractivity contribution in [2.45, 2.75) is 54.4 Å². The largest absolute Gasteiger partial charge is 0.545 e. The van der Waals surface area contributed by atoms with Gasteiger partial charge in [-0.05, 0) is 62.2 Å². The highest BCUT2D eigenvalue weighted by Crippen LogP contribution is 2.44. The summed E-state index contributed by atoms with van der Waals surface area (Å²) < 4.78 is 0. The Bertz CT molecular complexity index is 595. The fraction of sp³-hybridized carbons (Fsp3) is 0.476. The summed E-state index contributed by atoms with van der Waals surface area (Å²) in [6.45, 7) is 13.0. The highest BCUT2D eigenvalue weighted by atomic mass is 16.4. The molecule has 1 unspecified atom stereocenters. The van der Waals surface area contributed by atoms with E-state index in [0.29, 0.717) is 11.5 Å². The van der Waals surface area contributed by atoms with E-state index in [1.165, 1.54) is 24.0 Å². The van der Waals surface area contributed by atoms with E-state index in [1.54, 1.807) is 13.0 Å². The van der Waals surface area contributed by atoms with Crippen molar-refractivity contribution in [3.8, 4) is 0 Å². The summed E-state index contributed by atoms with van der Waals surface area (Å²) in [5.41, 5.74) is 4.94. The van der Waals surface area contributed by atoms with Crippen LogP contribution in [0.15, 0.2) is 58.7 Å². The molecule has 1 atom stereocenters. The van der Waals surface area contributed by atoms with Crippen LogP contribution >= 0.6 is 0 Å². The molecule has 0 N–H and O–H groups in total. The number of hydrogen-bond donors (Lipinski definition) is 0. The van der Waals surface area contributed by atoms with Crippen molar-refractivity contribution < 1.29 is 9.90 Å². The molecule has 23 heavy (non-hydrogen) atoms. The summed E-state index contributed by atoms with van der Waals surface area (Å²) >= 11 is 0. The second-order valence-electron chi connectivity index (χ2n) is 7.17. The molecule has 0 aliphatic heterocycles. The third-order valence-corrected chi connectivity index (χ3v) is 4.91. The van der Waals surface area contributed by atoms with Crippen LogP contribution in [0.25, 0.3) is 0 Å². The molecule has 0 radical (unpaired) electrons. The molecule has 0 spiro atoms. The minimum absolute atomic E-state index is 0.211. The first-order valence-corrected chi connectivity index (χ1v) is 8.27. The molecule has 0 aromatic rings. The first-order valence-electron chi connectivity index (χ1n) is 8.27. The standard InChI is InChI=1S/C21H30O2/c1-15(8-7-9-16(2)14-20(22)23)10-13-19-17(3)11-12-18(4)21(19,5)6/h7-10,13-14,18H,11-12H2,1-6H3,(H,22,23)/p-1/b9-7+,13-10+,15-8-,16-14+. The van der Waals surface area contributed by atoms with Crippen LogP contribution in [0.3, 0.4) is 0 Å². The number of rotatable bonds is 5. The SMILES string of the molecule is CC1=C(/C=C/C(C)=C\C=C\C(C)=C\C(=O)[O-])C(C)(C)C(C)CC1. The number of carbonyl (C=O) groups excluding carboxylic acids is 1. The minimum atomic E-state index is -1.16. The maximum atomic E-state index is 10.4. The maximum absolute atomic E-state index is 10.4. The highest BCUT2D eigenvalue weighted by Gasteiger charge is 2.32. The van der Waals surface area contributed by atoms with Gasteiger partial charge in [-0.2, -0.15) is 0 Å². The van der Waals surface area contributed by atoms with Gasteiger partial charge in [-0.3, -0.25) is 0 Å². The number of carboxylic acid groups (broad SMARTS) is 1. The van der Waals surface area contributed by atoms with E-state index in [4.69, 9.17) is 0 Å². The number of hydrogen-bond acceptors (Lipinski definition) is 2. The molecule has 0 aromatic carbocycles. The summed E-state index contributed by atoms with van der Waals surface area (Å²) in [7, 11) is 0. The second-order valence-corrected chi connectivity index (χ2v) is 7.17. The van der Waals surface area contributed by atoms with Gasteiger partial charge in [-0.1, -0.05) is 62.3 Å². The summed E-state index contributed by atoms with van der Waals surface area (Å²) in [5, 5.41) is 10.4. The third kappa shape index (κ3) is 5.70. The fourth-order valence-corrected chi connectivity index (χ4v) is 2.96. The van der Waals surface area contributed by atoms with Gasteiger partial charge in [-0.25, -0.2) is 0 Å². The number of carbonyl (C=O) groups is 1. The molecule has 126 valence electrons. The Morgan fingerprint density at radius 2 is 1.87 bits per heavy atom. The summed E-state index contributed by atoms with van der Waals surface area (Å²) in [5.74, 6) is -0.476. The molecule has 1 aliphatic carbocycles. The number of aliphatic carboxylic acids is 1. The molecule has 1 aliphatic rings. The minimum Gasteiger partial charge on any atom is -0.545 e. The van der Waals surface area contributed by atoms with Crippen LogP contribution in [0.1, 0.15) is 54.4 Å². The van der Waals surface area contributed by atoms with Crippen molar-refractivity contribution in [1.82, 2.24) is 0 Å². The fourth-order valence-electron chi connectivity index (χ4n) is 2.96. The smallest absolute Gasteiger partial charge is 0.0645 e. The van der Waals surface area contributed by atoms with Crippen LogP contribution < -0.4 is 5.11 Å². The first-order chi connectivity index (χ1) is 10.6. The summed E-state index contributed by atoms with van der Waals surface area (Å²) in [6, 6.07) is 0. The van der Waals surface area contributed by atoms with Gasteiger partial charge in [0, 0.05) is 0 Å². The van der Waals surface area contributed by atoms with Crippen molar-refractivity contribution in [2.75, 3.05) is 0 Å². The Morgan fingerprint density at radius 1 is 1.22 bits per heavy atom. The normalized spacial score (nSPS) is 23.1. The average Bonchev–Trinajstić information content (AvgIpc) is 2.42. The van der Waals surface area contributed by atoms with Gasteiger partial charge >= 0.3 is 0 Å². The molecule has 0 amide bonds. The highest BCUT2D eigenvalue weighted by molar-refractivity contribution is 5.79. The van der Waals surface area contributed by atoms with Crippen molar-refractivity contribution >= 4 is 5.97 Å². The van der Waals surface area contributed by atoms with E-state index < -0.39 is 5.97 Å². The summed E-state index contributed by atoms with van der Waals surface area (Å²) in [4.78, 5) is 10.4. The Balaban J connectivity index is 2.85. The Kier molecular flexibility index (Phi) is 6.80. The van der Waals surface area contributed by atoms with Gasteiger partial charge in [0.1, 0.15) is 0 Å². The molecule has 0 aromatic heterocycles. The molecule has 2 heteroatoms. The molecule has 1 rings (SSSR count). The number of allylic oxidation sites excluding steroid dienone is 9. The second kappa shape index (κ2) is 8.14. The maximum Gasteiger partial charge on any atom is 0.0645 e. The van der Waals surface area contributed by atoms with E-state index in [0.717, 1.165) is 11.6 Å². The summed E-state index contributed by atoms with van der Waals surface area (Å²) in [6.07, 6.45) is 13.5. The molecular weight excluding hydrogens is 284 g/mol. The number of carboxylic acids is 1. The van der Waals surface area contributed by atoms with Gasteiger partial charge in [0.15, 0.2) is 0 Å². The van der Waals surface area contributed by atoms with Crippen LogP contribution in [0.2, 0.25) is 0 Å².